The van der Waals surface area contributed by atoms with Crippen LogP contribution in [-0.4, -0.2) is 40.9 Å². The summed E-state index contributed by atoms with van der Waals surface area (Å²) in [5, 5.41) is 14.5. The molecule has 0 radical (unpaired) electrons. The van der Waals surface area contributed by atoms with Crippen LogP contribution >= 0.6 is 0 Å². The second kappa shape index (κ2) is 6.76. The first kappa shape index (κ1) is 16.7. The average molecular weight is 332 g/mol. The quantitative estimate of drug-likeness (QED) is 0.636. The molecule has 1 saturated carbocycles. The molecule has 1 saturated heterocycles. The van der Waals surface area contributed by atoms with Crippen molar-refractivity contribution < 1.29 is 9.72 Å². The summed E-state index contributed by atoms with van der Waals surface area (Å²) in [6.07, 6.45) is 4.00. The van der Waals surface area contributed by atoms with Gasteiger partial charge in [-0.05, 0) is 50.7 Å². The van der Waals surface area contributed by atoms with Gasteiger partial charge in [-0.3, -0.25) is 14.9 Å². The lowest BCUT2D eigenvalue weighted by molar-refractivity contribution is -0.384. The highest BCUT2D eigenvalue weighted by molar-refractivity contribution is 5.95. The zero-order chi connectivity index (χ0) is 17.3. The smallest absolute Gasteiger partial charge is 0.293 e. The van der Waals surface area contributed by atoms with E-state index in [1.165, 1.54) is 6.07 Å². The number of nitro benzene ring substituents is 1. The molecule has 2 fully saturated rings. The first-order chi connectivity index (χ1) is 11.5. The van der Waals surface area contributed by atoms with Gasteiger partial charge in [0.15, 0.2) is 0 Å². The maximum atomic E-state index is 12.7. The molecule has 0 spiro atoms. The molecule has 7 heteroatoms. The van der Waals surface area contributed by atoms with E-state index < -0.39 is 4.92 Å². The number of nitrogens with zero attached hydrogens (tertiary/aromatic N) is 2. The van der Waals surface area contributed by atoms with Crippen LogP contribution in [0.2, 0.25) is 0 Å². The number of hydrogen-bond donors (Lipinski definition) is 2. The van der Waals surface area contributed by atoms with Crippen molar-refractivity contribution in [2.75, 3.05) is 18.4 Å². The molecular weight excluding hydrogens is 308 g/mol. The first-order valence-corrected chi connectivity index (χ1v) is 8.55. The molecule has 24 heavy (non-hydrogen) atoms. The number of nitro groups is 1. The third-order valence-corrected chi connectivity index (χ3v) is 4.87. The van der Waals surface area contributed by atoms with Crippen molar-refractivity contribution in [2.45, 2.75) is 44.7 Å². The first-order valence-electron chi connectivity index (χ1n) is 8.55. The number of hydrogen-bond acceptors (Lipinski definition) is 5. The van der Waals surface area contributed by atoms with Crippen LogP contribution < -0.4 is 11.1 Å². The molecule has 0 aromatic heterocycles. The molecule has 0 bridgehead atoms. The summed E-state index contributed by atoms with van der Waals surface area (Å²) in [6, 6.07) is 5.08. The van der Waals surface area contributed by atoms with Gasteiger partial charge in [-0.2, -0.15) is 0 Å². The molecule has 1 aromatic carbocycles. The van der Waals surface area contributed by atoms with Crippen molar-refractivity contribution in [3.8, 4) is 0 Å². The van der Waals surface area contributed by atoms with Crippen LogP contribution in [0.4, 0.5) is 11.4 Å². The largest absolute Gasteiger partial charge is 0.377 e. The van der Waals surface area contributed by atoms with E-state index in [0.717, 1.165) is 25.7 Å². The third kappa shape index (κ3) is 3.67. The highest BCUT2D eigenvalue weighted by Gasteiger charge is 2.29. The molecule has 2 unspecified atom stereocenters. The van der Waals surface area contributed by atoms with Crippen molar-refractivity contribution in [1.82, 2.24) is 4.90 Å². The summed E-state index contributed by atoms with van der Waals surface area (Å²) in [4.78, 5) is 25.4. The van der Waals surface area contributed by atoms with Gasteiger partial charge < -0.3 is 16.0 Å². The summed E-state index contributed by atoms with van der Waals surface area (Å²) in [5.41, 5.74) is 6.80. The zero-order valence-electron chi connectivity index (χ0n) is 13.9. The van der Waals surface area contributed by atoms with Crippen molar-refractivity contribution >= 4 is 17.3 Å². The van der Waals surface area contributed by atoms with Crippen molar-refractivity contribution in [3.63, 3.8) is 0 Å². The standard InChI is InChI=1S/C17H24N4O3/c1-11(18)13-3-2-8-20(10-13)17(22)12-4-7-15(19-14-5-6-14)16(9-12)21(23)24/h4,7,9,11,13-14,19H,2-3,5-6,8,10,18H2,1H3. The minimum Gasteiger partial charge on any atom is -0.377 e. The average Bonchev–Trinajstić information content (AvgIpc) is 3.38. The Hall–Kier alpha value is -2.15. The fourth-order valence-electron chi connectivity index (χ4n) is 3.19. The molecule has 130 valence electrons. The lowest BCUT2D eigenvalue weighted by atomic mass is 9.92. The maximum absolute atomic E-state index is 12.7. The monoisotopic (exact) mass is 332 g/mol. The van der Waals surface area contributed by atoms with E-state index in [1.54, 1.807) is 17.0 Å². The lowest BCUT2D eigenvalue weighted by Gasteiger charge is -2.34. The van der Waals surface area contributed by atoms with E-state index in [4.69, 9.17) is 5.73 Å². The number of carbonyl (C=O) groups is 1. The maximum Gasteiger partial charge on any atom is 0.293 e. The van der Waals surface area contributed by atoms with Crippen LogP contribution in [0.1, 0.15) is 43.0 Å². The SMILES string of the molecule is CC(N)C1CCCN(C(=O)c2ccc(NC3CC3)c([N+](=O)[O-])c2)C1. The van der Waals surface area contributed by atoms with Crippen LogP contribution in [0.5, 0.6) is 0 Å². The van der Waals surface area contributed by atoms with E-state index in [-0.39, 0.29) is 23.6 Å². The molecule has 3 N–H and O–H groups in total. The van der Waals surface area contributed by atoms with Crippen molar-refractivity contribution in [1.29, 1.82) is 0 Å². The van der Waals surface area contributed by atoms with E-state index in [9.17, 15) is 14.9 Å². The van der Waals surface area contributed by atoms with Crippen LogP contribution in [-0.2, 0) is 0 Å². The predicted octanol–water partition coefficient (Wildman–Crippen LogP) is 2.37. The van der Waals surface area contributed by atoms with Crippen molar-refractivity contribution in [3.05, 3.63) is 33.9 Å². The topological polar surface area (TPSA) is 102 Å². The van der Waals surface area contributed by atoms with Crippen LogP contribution in [0, 0.1) is 16.0 Å². The molecular formula is C17H24N4O3. The highest BCUT2D eigenvalue weighted by Crippen LogP contribution is 2.32. The number of amides is 1. The molecule has 1 aromatic rings. The number of likely N-dealkylation sites (tertiary alicyclic amines) is 1. The Kier molecular flexibility index (Phi) is 4.71. The number of rotatable bonds is 5. The van der Waals surface area contributed by atoms with Gasteiger partial charge in [-0.25, -0.2) is 0 Å². The normalized spacial score (nSPS) is 22.1. The number of nitrogens with one attached hydrogen (secondary N) is 1. The predicted molar refractivity (Wildman–Crippen MR) is 92.0 cm³/mol. The van der Waals surface area contributed by atoms with Crippen LogP contribution in [0.25, 0.3) is 0 Å². The third-order valence-electron chi connectivity index (χ3n) is 4.87. The van der Waals surface area contributed by atoms with E-state index in [1.807, 2.05) is 6.92 Å². The van der Waals surface area contributed by atoms with E-state index >= 15 is 0 Å². The van der Waals surface area contributed by atoms with Crippen LogP contribution in [0.3, 0.4) is 0 Å². The number of anilines is 1. The van der Waals surface area contributed by atoms with Gasteiger partial charge in [-0.1, -0.05) is 0 Å². The summed E-state index contributed by atoms with van der Waals surface area (Å²) in [5.74, 6) is 0.134. The minimum absolute atomic E-state index is 0.0338. The molecule has 1 heterocycles. The molecule has 1 aliphatic heterocycles. The highest BCUT2D eigenvalue weighted by atomic mass is 16.6. The van der Waals surface area contributed by atoms with Gasteiger partial charge in [-0.15, -0.1) is 0 Å². The van der Waals surface area contributed by atoms with Crippen LogP contribution in [0.15, 0.2) is 18.2 Å². The van der Waals surface area contributed by atoms with E-state index in [2.05, 4.69) is 5.32 Å². The van der Waals surface area contributed by atoms with Gasteiger partial charge in [0.1, 0.15) is 5.69 Å². The summed E-state index contributed by atoms with van der Waals surface area (Å²) in [6.45, 7) is 3.26. The fourth-order valence-corrected chi connectivity index (χ4v) is 3.19. The van der Waals surface area contributed by atoms with Gasteiger partial charge in [0.25, 0.3) is 11.6 Å². The summed E-state index contributed by atoms with van der Waals surface area (Å²) < 4.78 is 0. The molecule has 2 atom stereocenters. The molecule has 2 aliphatic rings. The molecule has 1 amide bonds. The Morgan fingerprint density at radius 3 is 2.79 bits per heavy atom. The zero-order valence-corrected chi connectivity index (χ0v) is 13.9. The number of piperidine rings is 1. The Morgan fingerprint density at radius 1 is 1.42 bits per heavy atom. The molecule has 3 rings (SSSR count). The summed E-state index contributed by atoms with van der Waals surface area (Å²) >= 11 is 0. The van der Waals surface area contributed by atoms with Gasteiger partial charge >= 0.3 is 0 Å². The lowest BCUT2D eigenvalue weighted by Crippen LogP contribution is -2.45. The fraction of sp³-hybridized carbons (Fsp3) is 0.588. The Morgan fingerprint density at radius 2 is 2.17 bits per heavy atom. The number of nitrogens with two attached hydrogens (primary N) is 1. The van der Waals surface area contributed by atoms with Gasteiger partial charge in [0, 0.05) is 36.8 Å². The second-order valence-electron chi connectivity index (χ2n) is 6.92. The second-order valence-corrected chi connectivity index (χ2v) is 6.92. The number of carbonyl (C=O) groups excluding carboxylic acids is 1. The van der Waals surface area contributed by atoms with E-state index in [0.29, 0.717) is 30.4 Å². The minimum atomic E-state index is -0.428. The van der Waals surface area contributed by atoms with Gasteiger partial charge in [0.2, 0.25) is 0 Å². The Labute approximate surface area is 141 Å². The number of benzene rings is 1. The van der Waals surface area contributed by atoms with Gasteiger partial charge in [0.05, 0.1) is 4.92 Å². The summed E-state index contributed by atoms with van der Waals surface area (Å²) in [7, 11) is 0. The Balaban J connectivity index is 1.79. The molecule has 1 aliphatic carbocycles. The molecule has 7 nitrogen and oxygen atoms in total. The Bertz CT molecular complexity index is 643. The van der Waals surface area contributed by atoms with Crippen molar-refractivity contribution in [2.24, 2.45) is 11.7 Å².